The summed E-state index contributed by atoms with van der Waals surface area (Å²) >= 11 is 0. The number of likely N-dealkylation sites (tertiary alicyclic amines) is 1. The van der Waals surface area contributed by atoms with E-state index < -0.39 is 10.0 Å². The molecule has 3 N–H and O–H groups in total. The van der Waals surface area contributed by atoms with Gasteiger partial charge < -0.3 is 10.6 Å². The number of nitrogens with one attached hydrogen (secondary N) is 1. The molecule has 118 valence electrons. The number of aryl methyl sites for hydroxylation is 1. The van der Waals surface area contributed by atoms with Gasteiger partial charge in [0.05, 0.1) is 4.90 Å². The van der Waals surface area contributed by atoms with Crippen LogP contribution in [0.25, 0.3) is 0 Å². The van der Waals surface area contributed by atoms with Gasteiger partial charge in [-0.3, -0.25) is 0 Å². The lowest BCUT2D eigenvalue weighted by molar-refractivity contribution is 0.194. The van der Waals surface area contributed by atoms with Crippen molar-refractivity contribution in [2.24, 2.45) is 5.92 Å². The summed E-state index contributed by atoms with van der Waals surface area (Å²) in [7, 11) is -3.48. The molecule has 1 heterocycles. The van der Waals surface area contributed by atoms with Gasteiger partial charge in [-0.25, -0.2) is 13.1 Å². The average molecular weight is 311 g/mol. The first kappa shape index (κ1) is 16.3. The molecule has 1 saturated heterocycles. The lowest BCUT2D eigenvalue weighted by Gasteiger charge is -2.31. The minimum Gasteiger partial charge on any atom is -0.399 e. The fourth-order valence-electron chi connectivity index (χ4n) is 2.72. The zero-order valence-corrected chi connectivity index (χ0v) is 13.6. The molecule has 1 aromatic rings. The number of piperidine rings is 1. The van der Waals surface area contributed by atoms with E-state index in [-0.39, 0.29) is 4.90 Å². The Bertz CT molecular complexity index is 579. The van der Waals surface area contributed by atoms with Crippen molar-refractivity contribution in [2.45, 2.75) is 31.6 Å². The highest BCUT2D eigenvalue weighted by molar-refractivity contribution is 7.89. The van der Waals surface area contributed by atoms with Crippen LogP contribution in [0.1, 0.15) is 25.3 Å². The smallest absolute Gasteiger partial charge is 0.240 e. The Labute approximate surface area is 127 Å². The van der Waals surface area contributed by atoms with Crippen molar-refractivity contribution >= 4 is 15.7 Å². The lowest BCUT2D eigenvalue weighted by Crippen LogP contribution is -2.38. The number of anilines is 1. The summed E-state index contributed by atoms with van der Waals surface area (Å²) in [6, 6.07) is 4.98. The SMILES string of the molecule is CCN1CCC(CNS(=O)(=O)c2cc(N)ccc2C)CC1. The topological polar surface area (TPSA) is 75.4 Å². The molecule has 2 rings (SSSR count). The first-order chi connectivity index (χ1) is 9.92. The zero-order valence-electron chi connectivity index (χ0n) is 12.8. The van der Waals surface area contributed by atoms with Gasteiger partial charge in [-0.2, -0.15) is 0 Å². The highest BCUT2D eigenvalue weighted by Gasteiger charge is 2.22. The van der Waals surface area contributed by atoms with Crippen LogP contribution in [0.3, 0.4) is 0 Å². The van der Waals surface area contributed by atoms with Crippen LogP contribution in [-0.2, 0) is 10.0 Å². The van der Waals surface area contributed by atoms with Crippen LogP contribution in [-0.4, -0.2) is 39.5 Å². The van der Waals surface area contributed by atoms with E-state index in [1.54, 1.807) is 19.1 Å². The third-order valence-corrected chi connectivity index (χ3v) is 5.78. The van der Waals surface area contributed by atoms with E-state index in [4.69, 9.17) is 5.73 Å². The number of rotatable bonds is 5. The van der Waals surface area contributed by atoms with Gasteiger partial charge >= 0.3 is 0 Å². The number of hydrogen-bond donors (Lipinski definition) is 2. The van der Waals surface area contributed by atoms with E-state index in [1.807, 2.05) is 0 Å². The molecule has 0 amide bonds. The van der Waals surface area contributed by atoms with Crippen LogP contribution >= 0.6 is 0 Å². The van der Waals surface area contributed by atoms with Crippen molar-refractivity contribution in [1.82, 2.24) is 9.62 Å². The van der Waals surface area contributed by atoms with E-state index in [9.17, 15) is 8.42 Å². The molecule has 0 unspecified atom stereocenters. The van der Waals surface area contributed by atoms with E-state index in [0.717, 1.165) is 38.0 Å². The standard InChI is InChI=1S/C15H25N3O2S/c1-3-18-8-6-13(7-9-18)11-17-21(19,20)15-10-14(16)5-4-12(15)2/h4-5,10,13,17H,3,6-9,11,16H2,1-2H3. The second-order valence-electron chi connectivity index (χ2n) is 5.75. The third-order valence-electron chi connectivity index (χ3n) is 4.22. The molecule has 1 aliphatic heterocycles. The van der Waals surface area contributed by atoms with E-state index in [2.05, 4.69) is 16.5 Å². The third kappa shape index (κ3) is 4.18. The molecule has 0 atom stereocenters. The van der Waals surface area contributed by atoms with Gasteiger partial charge in [0.15, 0.2) is 0 Å². The fraction of sp³-hybridized carbons (Fsp3) is 0.600. The Morgan fingerprint density at radius 3 is 2.62 bits per heavy atom. The van der Waals surface area contributed by atoms with Gasteiger partial charge in [0.25, 0.3) is 0 Å². The van der Waals surface area contributed by atoms with Crippen LogP contribution in [0.5, 0.6) is 0 Å². The lowest BCUT2D eigenvalue weighted by atomic mass is 9.97. The Hall–Kier alpha value is -1.11. The molecule has 0 aliphatic carbocycles. The van der Waals surface area contributed by atoms with Crippen molar-refractivity contribution in [3.05, 3.63) is 23.8 Å². The van der Waals surface area contributed by atoms with Crippen LogP contribution in [0.4, 0.5) is 5.69 Å². The summed E-state index contributed by atoms with van der Waals surface area (Å²) in [6.07, 6.45) is 2.10. The van der Waals surface area contributed by atoms with Crippen LogP contribution in [0.2, 0.25) is 0 Å². The Kier molecular flexibility index (Phi) is 5.24. The predicted molar refractivity (Wildman–Crippen MR) is 85.6 cm³/mol. The Morgan fingerprint density at radius 2 is 2.00 bits per heavy atom. The highest BCUT2D eigenvalue weighted by atomic mass is 32.2. The van der Waals surface area contributed by atoms with Gasteiger partial charge in [0.2, 0.25) is 10.0 Å². The first-order valence-electron chi connectivity index (χ1n) is 7.50. The summed E-state index contributed by atoms with van der Waals surface area (Å²) in [5.74, 6) is 0.420. The molecule has 0 radical (unpaired) electrons. The predicted octanol–water partition coefficient (Wildman–Crippen LogP) is 1.59. The number of sulfonamides is 1. The highest BCUT2D eigenvalue weighted by Crippen LogP contribution is 2.20. The molecule has 0 spiro atoms. The maximum atomic E-state index is 12.4. The number of nitrogens with two attached hydrogens (primary N) is 1. The summed E-state index contributed by atoms with van der Waals surface area (Å²) in [6.45, 7) is 7.63. The molecule has 1 aliphatic rings. The summed E-state index contributed by atoms with van der Waals surface area (Å²) in [4.78, 5) is 2.68. The molecule has 6 heteroatoms. The maximum Gasteiger partial charge on any atom is 0.240 e. The molecule has 21 heavy (non-hydrogen) atoms. The molecule has 0 bridgehead atoms. The molecular weight excluding hydrogens is 286 g/mol. The van der Waals surface area contributed by atoms with Gasteiger partial charge in [-0.05, 0) is 63.0 Å². The number of nitrogen functional groups attached to an aromatic ring is 1. The maximum absolute atomic E-state index is 12.4. The van der Waals surface area contributed by atoms with Gasteiger partial charge in [0, 0.05) is 12.2 Å². The second-order valence-corrected chi connectivity index (χ2v) is 7.49. The van der Waals surface area contributed by atoms with E-state index in [0.29, 0.717) is 18.2 Å². The monoisotopic (exact) mass is 311 g/mol. The van der Waals surface area contributed by atoms with Crippen molar-refractivity contribution in [3.8, 4) is 0 Å². The van der Waals surface area contributed by atoms with Crippen LogP contribution in [0.15, 0.2) is 23.1 Å². The van der Waals surface area contributed by atoms with Gasteiger partial charge in [-0.1, -0.05) is 13.0 Å². The minimum atomic E-state index is -3.48. The Balaban J connectivity index is 1.97. The molecule has 0 aromatic heterocycles. The second kappa shape index (κ2) is 6.77. The first-order valence-corrected chi connectivity index (χ1v) is 8.99. The molecular formula is C15H25N3O2S. The molecule has 1 aromatic carbocycles. The van der Waals surface area contributed by atoms with Crippen LogP contribution in [0, 0.1) is 12.8 Å². The van der Waals surface area contributed by atoms with Gasteiger partial charge in [0.1, 0.15) is 0 Å². The molecule has 5 nitrogen and oxygen atoms in total. The molecule has 0 saturated carbocycles. The quantitative estimate of drug-likeness (QED) is 0.810. The fourth-order valence-corrected chi connectivity index (χ4v) is 4.11. The number of hydrogen-bond acceptors (Lipinski definition) is 4. The van der Waals surface area contributed by atoms with Crippen molar-refractivity contribution in [2.75, 3.05) is 31.9 Å². The largest absolute Gasteiger partial charge is 0.399 e. The summed E-state index contributed by atoms with van der Waals surface area (Å²) in [5, 5.41) is 0. The van der Waals surface area contributed by atoms with E-state index in [1.165, 1.54) is 6.07 Å². The average Bonchev–Trinajstić information content (AvgIpc) is 2.48. The van der Waals surface area contributed by atoms with Crippen molar-refractivity contribution < 1.29 is 8.42 Å². The number of nitrogens with zero attached hydrogens (tertiary/aromatic N) is 1. The van der Waals surface area contributed by atoms with Crippen molar-refractivity contribution in [3.63, 3.8) is 0 Å². The molecule has 1 fully saturated rings. The zero-order chi connectivity index (χ0) is 15.5. The van der Waals surface area contributed by atoms with Crippen molar-refractivity contribution in [1.29, 1.82) is 0 Å². The van der Waals surface area contributed by atoms with E-state index >= 15 is 0 Å². The Morgan fingerprint density at radius 1 is 1.33 bits per heavy atom. The minimum absolute atomic E-state index is 0.286. The number of benzene rings is 1. The summed E-state index contributed by atoms with van der Waals surface area (Å²) in [5.41, 5.74) is 6.89. The van der Waals surface area contributed by atoms with Gasteiger partial charge in [-0.15, -0.1) is 0 Å². The van der Waals surface area contributed by atoms with Crippen LogP contribution < -0.4 is 10.5 Å². The summed E-state index contributed by atoms with van der Waals surface area (Å²) < 4.78 is 27.5. The normalized spacial score (nSPS) is 18.0.